The van der Waals surface area contributed by atoms with Gasteiger partial charge in [0.05, 0.1) is 11.8 Å². The standard InChI is InChI=1S/C13H14N4O3/c1-5-6-13(7-14)9-8(15(2)11(13)19)10(18)17(4)12(20)16(9)3/h5H,1,6H2,2-4H3. The number of anilines is 1. The van der Waals surface area contributed by atoms with E-state index in [1.807, 2.05) is 6.07 Å². The first-order valence-electron chi connectivity index (χ1n) is 5.94. The largest absolute Gasteiger partial charge is 0.330 e. The third-order valence-electron chi connectivity index (χ3n) is 3.69. The van der Waals surface area contributed by atoms with Gasteiger partial charge in [0.2, 0.25) is 0 Å². The van der Waals surface area contributed by atoms with Gasteiger partial charge in [0.15, 0.2) is 5.41 Å². The maximum atomic E-state index is 12.4. The number of likely N-dealkylation sites (N-methyl/N-ethyl adjacent to an activating group) is 1. The van der Waals surface area contributed by atoms with Gasteiger partial charge >= 0.3 is 5.69 Å². The van der Waals surface area contributed by atoms with Crippen LogP contribution in [0, 0.1) is 11.3 Å². The summed E-state index contributed by atoms with van der Waals surface area (Å²) in [5.41, 5.74) is -2.50. The molecule has 104 valence electrons. The van der Waals surface area contributed by atoms with Crippen LogP contribution >= 0.6 is 0 Å². The summed E-state index contributed by atoms with van der Waals surface area (Å²) < 4.78 is 2.11. The number of rotatable bonds is 2. The van der Waals surface area contributed by atoms with Gasteiger partial charge < -0.3 is 4.90 Å². The van der Waals surface area contributed by atoms with E-state index in [1.165, 1.54) is 31.8 Å². The second kappa shape index (κ2) is 4.20. The van der Waals surface area contributed by atoms with Crippen LogP contribution in [0.4, 0.5) is 5.69 Å². The van der Waals surface area contributed by atoms with Crippen molar-refractivity contribution in [3.63, 3.8) is 0 Å². The van der Waals surface area contributed by atoms with E-state index in [0.29, 0.717) is 0 Å². The fourth-order valence-electron chi connectivity index (χ4n) is 2.65. The van der Waals surface area contributed by atoms with Crippen LogP contribution in [0.15, 0.2) is 22.2 Å². The van der Waals surface area contributed by atoms with Gasteiger partial charge in [-0.3, -0.25) is 18.7 Å². The van der Waals surface area contributed by atoms with Crippen LogP contribution in [-0.2, 0) is 24.3 Å². The molecule has 0 saturated carbocycles. The number of hydrogen-bond acceptors (Lipinski definition) is 4. The third kappa shape index (κ3) is 1.36. The molecule has 1 aromatic heterocycles. The van der Waals surface area contributed by atoms with Gasteiger partial charge in [0, 0.05) is 21.1 Å². The molecule has 1 atom stereocenters. The molecule has 0 spiro atoms. The van der Waals surface area contributed by atoms with E-state index in [1.54, 1.807) is 0 Å². The summed E-state index contributed by atoms with van der Waals surface area (Å²) in [7, 11) is 4.21. The van der Waals surface area contributed by atoms with Gasteiger partial charge in [0.25, 0.3) is 11.5 Å². The molecule has 0 aliphatic carbocycles. The van der Waals surface area contributed by atoms with Crippen LogP contribution in [-0.4, -0.2) is 22.1 Å². The summed E-state index contributed by atoms with van der Waals surface area (Å²) in [5, 5.41) is 9.49. The van der Waals surface area contributed by atoms with Crippen molar-refractivity contribution in [1.29, 1.82) is 5.26 Å². The maximum absolute atomic E-state index is 12.4. The number of carbonyl (C=O) groups is 1. The van der Waals surface area contributed by atoms with Crippen molar-refractivity contribution in [1.82, 2.24) is 9.13 Å². The lowest BCUT2D eigenvalue weighted by Crippen LogP contribution is -2.41. The Balaban J connectivity index is 3.04. The Morgan fingerprint density at radius 3 is 2.35 bits per heavy atom. The fraction of sp³-hybridized carbons (Fsp3) is 0.385. The highest BCUT2D eigenvalue weighted by atomic mass is 16.2. The first kappa shape index (κ1) is 13.8. The van der Waals surface area contributed by atoms with Crippen LogP contribution in [0.25, 0.3) is 0 Å². The second-order valence-electron chi connectivity index (χ2n) is 4.78. The molecule has 0 N–H and O–H groups in total. The van der Waals surface area contributed by atoms with Crippen LogP contribution in [0.5, 0.6) is 0 Å². The minimum atomic E-state index is -1.56. The molecule has 0 fully saturated rings. The van der Waals surface area contributed by atoms with Gasteiger partial charge in [-0.25, -0.2) is 4.79 Å². The number of nitrogens with zero attached hydrogens (tertiary/aromatic N) is 4. The SMILES string of the molecule is C=CCC1(C#N)C(=O)N(C)c2c1n(C)c(=O)n(C)c2=O. The number of fused-ring (bicyclic) bond motifs is 1. The molecule has 0 bridgehead atoms. The number of allylic oxidation sites excluding steroid dienone is 1. The summed E-state index contributed by atoms with van der Waals surface area (Å²) in [6.07, 6.45) is 1.48. The minimum Gasteiger partial charge on any atom is -0.307 e. The van der Waals surface area contributed by atoms with Gasteiger partial charge in [0.1, 0.15) is 5.69 Å². The van der Waals surface area contributed by atoms with Crippen molar-refractivity contribution >= 4 is 11.6 Å². The molecule has 1 aliphatic heterocycles. The zero-order valence-corrected chi connectivity index (χ0v) is 11.5. The first-order chi connectivity index (χ1) is 9.33. The second-order valence-corrected chi connectivity index (χ2v) is 4.78. The molecule has 1 unspecified atom stereocenters. The molecule has 1 aliphatic rings. The van der Waals surface area contributed by atoms with Crippen molar-refractivity contribution in [3.05, 3.63) is 39.2 Å². The highest BCUT2D eigenvalue weighted by Crippen LogP contribution is 2.40. The van der Waals surface area contributed by atoms with Crippen LogP contribution in [0.3, 0.4) is 0 Å². The van der Waals surface area contributed by atoms with Gasteiger partial charge in [-0.1, -0.05) is 6.08 Å². The van der Waals surface area contributed by atoms with E-state index in [9.17, 15) is 19.6 Å². The fourth-order valence-corrected chi connectivity index (χ4v) is 2.65. The Labute approximate surface area is 115 Å². The summed E-state index contributed by atoms with van der Waals surface area (Å²) >= 11 is 0. The highest BCUT2D eigenvalue weighted by molar-refractivity contribution is 6.09. The van der Waals surface area contributed by atoms with Gasteiger partial charge in [-0.15, -0.1) is 6.58 Å². The molecular weight excluding hydrogens is 260 g/mol. The maximum Gasteiger partial charge on any atom is 0.330 e. The smallest absolute Gasteiger partial charge is 0.307 e. The number of aromatic nitrogens is 2. The van der Waals surface area contributed by atoms with Gasteiger partial charge in [-0.05, 0) is 6.42 Å². The van der Waals surface area contributed by atoms with Crippen molar-refractivity contribution in [3.8, 4) is 6.07 Å². The Hall–Kier alpha value is -2.62. The normalized spacial score (nSPS) is 20.7. The lowest BCUT2D eigenvalue weighted by molar-refractivity contribution is -0.121. The Kier molecular flexibility index (Phi) is 2.90. The molecule has 2 rings (SSSR count). The molecule has 0 radical (unpaired) electrons. The predicted molar refractivity (Wildman–Crippen MR) is 72.4 cm³/mol. The Morgan fingerprint density at radius 2 is 1.85 bits per heavy atom. The van der Waals surface area contributed by atoms with E-state index in [2.05, 4.69) is 6.58 Å². The van der Waals surface area contributed by atoms with E-state index >= 15 is 0 Å². The average Bonchev–Trinajstić information content (AvgIpc) is 2.65. The molecule has 0 saturated heterocycles. The highest BCUT2D eigenvalue weighted by Gasteiger charge is 2.53. The molecule has 0 aromatic carbocycles. The van der Waals surface area contributed by atoms with Crippen LogP contribution in [0.1, 0.15) is 12.1 Å². The average molecular weight is 274 g/mol. The molecule has 1 aromatic rings. The Morgan fingerprint density at radius 1 is 1.25 bits per heavy atom. The van der Waals surface area contributed by atoms with E-state index < -0.39 is 22.6 Å². The van der Waals surface area contributed by atoms with Crippen LogP contribution < -0.4 is 16.1 Å². The molecule has 7 nitrogen and oxygen atoms in total. The number of hydrogen-bond donors (Lipinski definition) is 0. The van der Waals surface area contributed by atoms with Crippen molar-refractivity contribution in [2.75, 3.05) is 11.9 Å². The monoisotopic (exact) mass is 274 g/mol. The van der Waals surface area contributed by atoms with E-state index in [4.69, 9.17) is 0 Å². The lowest BCUT2D eigenvalue weighted by atomic mass is 9.83. The number of amides is 1. The zero-order valence-electron chi connectivity index (χ0n) is 11.5. The van der Waals surface area contributed by atoms with Crippen LogP contribution in [0.2, 0.25) is 0 Å². The van der Waals surface area contributed by atoms with E-state index in [-0.39, 0.29) is 17.8 Å². The molecule has 2 heterocycles. The predicted octanol–water partition coefficient (Wildman–Crippen LogP) is -0.602. The van der Waals surface area contributed by atoms with Crippen molar-refractivity contribution < 1.29 is 4.79 Å². The van der Waals surface area contributed by atoms with Crippen molar-refractivity contribution in [2.24, 2.45) is 14.1 Å². The minimum absolute atomic E-state index is 0.0418. The van der Waals surface area contributed by atoms with E-state index in [0.717, 1.165) is 9.47 Å². The molecule has 1 amide bonds. The third-order valence-corrected chi connectivity index (χ3v) is 3.69. The number of carbonyl (C=O) groups excluding carboxylic acids is 1. The zero-order chi connectivity index (χ0) is 15.2. The topological polar surface area (TPSA) is 88.1 Å². The molecule has 20 heavy (non-hydrogen) atoms. The molecule has 7 heteroatoms. The molecular formula is C13H14N4O3. The van der Waals surface area contributed by atoms with Crippen molar-refractivity contribution in [2.45, 2.75) is 11.8 Å². The number of nitriles is 1. The summed E-state index contributed by atoms with van der Waals surface area (Å²) in [5.74, 6) is -0.520. The first-order valence-corrected chi connectivity index (χ1v) is 5.94. The lowest BCUT2D eigenvalue weighted by Gasteiger charge is -2.19. The van der Waals surface area contributed by atoms with Gasteiger partial charge in [-0.2, -0.15) is 5.26 Å². The summed E-state index contributed by atoms with van der Waals surface area (Å²) in [6.45, 7) is 3.55. The summed E-state index contributed by atoms with van der Waals surface area (Å²) in [6, 6.07) is 1.96. The summed E-state index contributed by atoms with van der Waals surface area (Å²) in [4.78, 5) is 37.8. The Bertz CT molecular complexity index is 781. The quantitative estimate of drug-likeness (QED) is 0.673.